The summed E-state index contributed by atoms with van der Waals surface area (Å²) in [5.74, 6) is -0.632. The first-order chi connectivity index (χ1) is 13.0. The molecular formula is C20H16BrN3O2S. The number of carbonyl (C=O) groups is 2. The van der Waals surface area contributed by atoms with Crippen molar-refractivity contribution in [3.05, 3.63) is 82.3 Å². The Kier molecular flexibility index (Phi) is 6.16. The van der Waals surface area contributed by atoms with Crippen molar-refractivity contribution in [3.63, 3.8) is 0 Å². The number of nitrogens with one attached hydrogen (secondary N) is 3. The minimum Gasteiger partial charge on any atom is -0.302 e. The number of rotatable bonds is 3. The van der Waals surface area contributed by atoms with Gasteiger partial charge in [0.2, 0.25) is 5.91 Å². The molecule has 7 heteroatoms. The molecule has 0 saturated carbocycles. The Bertz CT molecular complexity index is 1020. The average Bonchev–Trinajstić information content (AvgIpc) is 2.67. The quantitative estimate of drug-likeness (QED) is 0.429. The number of hydrogen-bond acceptors (Lipinski definition) is 3. The molecule has 0 unspecified atom stereocenters. The lowest BCUT2D eigenvalue weighted by atomic mass is 10.0. The number of halogens is 1. The van der Waals surface area contributed by atoms with E-state index in [0.717, 1.165) is 16.3 Å². The number of hydrogen-bond donors (Lipinski definition) is 3. The van der Waals surface area contributed by atoms with E-state index in [-0.39, 0.29) is 23.3 Å². The van der Waals surface area contributed by atoms with E-state index in [1.165, 1.54) is 0 Å². The van der Waals surface area contributed by atoms with Crippen LogP contribution < -0.4 is 16.2 Å². The zero-order valence-electron chi connectivity index (χ0n) is 14.2. The smallest absolute Gasteiger partial charge is 0.270 e. The second-order valence-corrected chi connectivity index (χ2v) is 7.01. The number of benzene rings is 3. The third-order valence-electron chi connectivity index (χ3n) is 3.89. The van der Waals surface area contributed by atoms with Crippen molar-refractivity contribution >= 4 is 55.8 Å². The van der Waals surface area contributed by atoms with E-state index in [4.69, 9.17) is 12.2 Å². The summed E-state index contributed by atoms with van der Waals surface area (Å²) >= 11 is 8.38. The van der Waals surface area contributed by atoms with E-state index in [2.05, 4.69) is 32.1 Å². The van der Waals surface area contributed by atoms with Crippen LogP contribution in [0, 0.1) is 0 Å². The van der Waals surface area contributed by atoms with Gasteiger partial charge in [0, 0.05) is 4.47 Å². The fraction of sp³-hybridized carbons (Fsp3) is 0.0500. The fourth-order valence-electron chi connectivity index (χ4n) is 2.65. The van der Waals surface area contributed by atoms with Crippen LogP contribution in [0.25, 0.3) is 10.8 Å². The lowest BCUT2D eigenvalue weighted by Crippen LogP contribution is -2.48. The molecule has 0 saturated heterocycles. The summed E-state index contributed by atoms with van der Waals surface area (Å²) in [5.41, 5.74) is 6.37. The average molecular weight is 442 g/mol. The van der Waals surface area contributed by atoms with E-state index >= 15 is 0 Å². The van der Waals surface area contributed by atoms with Gasteiger partial charge in [-0.15, -0.1) is 0 Å². The molecule has 0 aliphatic carbocycles. The highest BCUT2D eigenvalue weighted by Crippen LogP contribution is 2.18. The monoisotopic (exact) mass is 441 g/mol. The highest BCUT2D eigenvalue weighted by molar-refractivity contribution is 9.10. The molecule has 0 fully saturated rings. The fourth-order valence-corrected chi connectivity index (χ4v) is 3.28. The van der Waals surface area contributed by atoms with E-state index in [1.807, 2.05) is 48.5 Å². The first-order valence-electron chi connectivity index (χ1n) is 8.16. The Morgan fingerprint density at radius 1 is 0.889 bits per heavy atom. The predicted molar refractivity (Wildman–Crippen MR) is 113 cm³/mol. The Hall–Kier alpha value is -2.77. The van der Waals surface area contributed by atoms with Gasteiger partial charge in [-0.1, -0.05) is 54.6 Å². The highest BCUT2D eigenvalue weighted by Gasteiger charge is 2.11. The van der Waals surface area contributed by atoms with Crippen LogP contribution in [-0.4, -0.2) is 16.9 Å². The molecule has 0 aromatic heterocycles. The number of hydrazine groups is 1. The maximum atomic E-state index is 12.3. The molecule has 2 amide bonds. The lowest BCUT2D eigenvalue weighted by molar-refractivity contribution is -0.119. The Morgan fingerprint density at radius 2 is 1.59 bits per heavy atom. The van der Waals surface area contributed by atoms with Crippen molar-refractivity contribution in [2.75, 3.05) is 0 Å². The molecule has 0 aliphatic heterocycles. The van der Waals surface area contributed by atoms with Crippen LogP contribution in [0.15, 0.2) is 71.2 Å². The van der Waals surface area contributed by atoms with Gasteiger partial charge in [0.1, 0.15) is 0 Å². The third-order valence-corrected chi connectivity index (χ3v) is 4.79. The van der Waals surface area contributed by atoms with Crippen LogP contribution >= 0.6 is 28.1 Å². The van der Waals surface area contributed by atoms with E-state index < -0.39 is 0 Å². The Labute approximate surface area is 170 Å². The molecule has 0 aliphatic rings. The maximum absolute atomic E-state index is 12.3. The predicted octanol–water partition coefficient (Wildman–Crippen LogP) is 3.48. The van der Waals surface area contributed by atoms with Crippen molar-refractivity contribution in [2.45, 2.75) is 6.42 Å². The van der Waals surface area contributed by atoms with Gasteiger partial charge >= 0.3 is 0 Å². The minimum absolute atomic E-state index is 0.0284. The molecule has 5 nitrogen and oxygen atoms in total. The van der Waals surface area contributed by atoms with Crippen molar-refractivity contribution in [3.8, 4) is 0 Å². The zero-order chi connectivity index (χ0) is 19.2. The molecule has 0 heterocycles. The first-order valence-corrected chi connectivity index (χ1v) is 9.36. The van der Waals surface area contributed by atoms with Crippen LogP contribution in [0.2, 0.25) is 0 Å². The van der Waals surface area contributed by atoms with Crippen LogP contribution in [-0.2, 0) is 11.2 Å². The summed E-state index contributed by atoms with van der Waals surface area (Å²) in [6, 6.07) is 20.7. The summed E-state index contributed by atoms with van der Waals surface area (Å²) in [6.45, 7) is 0. The second kappa shape index (κ2) is 8.75. The minimum atomic E-state index is -0.367. The van der Waals surface area contributed by atoms with E-state index in [9.17, 15) is 9.59 Å². The molecule has 0 radical (unpaired) electrons. The summed E-state index contributed by atoms with van der Waals surface area (Å²) in [7, 11) is 0. The highest BCUT2D eigenvalue weighted by atomic mass is 79.9. The molecule has 27 heavy (non-hydrogen) atoms. The normalized spacial score (nSPS) is 10.3. The molecule has 3 aromatic rings. The standard InChI is InChI=1S/C20H16BrN3O2S/c21-17-11-4-3-10-16(17)19(26)23-24-20(27)22-18(25)12-14-8-5-7-13-6-1-2-9-15(13)14/h1-11H,12H2,(H,23,26)(H2,22,24,25,27). The van der Waals surface area contributed by atoms with Gasteiger partial charge in [0.25, 0.3) is 5.91 Å². The van der Waals surface area contributed by atoms with Crippen molar-refractivity contribution in [1.82, 2.24) is 16.2 Å². The first kappa shape index (κ1) is 19.0. The molecule has 136 valence electrons. The summed E-state index contributed by atoms with van der Waals surface area (Å²) in [5, 5.41) is 4.70. The Morgan fingerprint density at radius 3 is 2.41 bits per heavy atom. The van der Waals surface area contributed by atoms with Crippen LogP contribution in [0.3, 0.4) is 0 Å². The third kappa shape index (κ3) is 4.90. The number of fused-ring (bicyclic) bond motifs is 1. The van der Waals surface area contributed by atoms with Crippen LogP contribution in [0.4, 0.5) is 0 Å². The second-order valence-electron chi connectivity index (χ2n) is 5.75. The molecule has 0 bridgehead atoms. The summed E-state index contributed by atoms with van der Waals surface area (Å²) < 4.78 is 0.662. The van der Waals surface area contributed by atoms with Gasteiger partial charge < -0.3 is 5.32 Å². The lowest BCUT2D eigenvalue weighted by Gasteiger charge is -2.12. The largest absolute Gasteiger partial charge is 0.302 e. The SMILES string of the molecule is O=C(Cc1cccc2ccccc12)NC(=S)NNC(=O)c1ccccc1Br. The zero-order valence-corrected chi connectivity index (χ0v) is 16.6. The van der Waals surface area contributed by atoms with Gasteiger partial charge in [-0.3, -0.25) is 20.4 Å². The molecule has 3 rings (SSSR count). The molecule has 3 aromatic carbocycles. The molecular weight excluding hydrogens is 426 g/mol. The van der Waals surface area contributed by atoms with Crippen molar-refractivity contribution < 1.29 is 9.59 Å². The number of thiocarbonyl (C=S) groups is 1. The number of amides is 2. The molecule has 3 N–H and O–H groups in total. The van der Waals surface area contributed by atoms with Gasteiger partial charge in [-0.25, -0.2) is 0 Å². The van der Waals surface area contributed by atoms with Crippen LogP contribution in [0.5, 0.6) is 0 Å². The molecule has 0 atom stereocenters. The van der Waals surface area contributed by atoms with E-state index in [1.54, 1.807) is 18.2 Å². The van der Waals surface area contributed by atoms with Crippen molar-refractivity contribution in [2.24, 2.45) is 0 Å². The molecule has 0 spiro atoms. The van der Waals surface area contributed by atoms with Gasteiger partial charge in [0.15, 0.2) is 5.11 Å². The number of carbonyl (C=O) groups excluding carboxylic acids is 2. The topological polar surface area (TPSA) is 70.2 Å². The van der Waals surface area contributed by atoms with Crippen LogP contribution in [0.1, 0.15) is 15.9 Å². The van der Waals surface area contributed by atoms with Gasteiger partial charge in [-0.2, -0.15) is 0 Å². The van der Waals surface area contributed by atoms with E-state index in [0.29, 0.717) is 10.0 Å². The Balaban J connectivity index is 1.55. The summed E-state index contributed by atoms with van der Waals surface area (Å²) in [4.78, 5) is 24.4. The maximum Gasteiger partial charge on any atom is 0.270 e. The van der Waals surface area contributed by atoms with Gasteiger partial charge in [0.05, 0.1) is 12.0 Å². The van der Waals surface area contributed by atoms with Gasteiger partial charge in [-0.05, 0) is 56.6 Å². The summed E-state index contributed by atoms with van der Waals surface area (Å²) in [6.07, 6.45) is 0.182. The van der Waals surface area contributed by atoms with Crippen molar-refractivity contribution in [1.29, 1.82) is 0 Å².